The quantitative estimate of drug-likeness (QED) is 0.847. The number of nitrogens with two attached hydrogens (primary N) is 1. The Balaban J connectivity index is 1.54. The van der Waals surface area contributed by atoms with Crippen LogP contribution in [0.3, 0.4) is 0 Å². The zero-order valence-electron chi connectivity index (χ0n) is 14.7. The molecule has 1 amide bonds. The Bertz CT molecular complexity index is 816. The molecule has 0 spiro atoms. The second kappa shape index (κ2) is 6.64. The second-order valence-electron chi connectivity index (χ2n) is 7.10. The fraction of sp³-hybridized carbons (Fsp3) is 0.474. The maximum atomic E-state index is 13.1. The van der Waals surface area contributed by atoms with Crippen molar-refractivity contribution in [1.82, 2.24) is 19.9 Å². The van der Waals surface area contributed by atoms with E-state index in [1.807, 2.05) is 18.2 Å². The van der Waals surface area contributed by atoms with Gasteiger partial charge in [-0.3, -0.25) is 9.78 Å². The minimum Gasteiger partial charge on any atom is -0.383 e. The number of nitrogens with zero attached hydrogens (tertiary/aromatic N) is 4. The summed E-state index contributed by atoms with van der Waals surface area (Å²) in [7, 11) is 0. The third-order valence-electron chi connectivity index (χ3n) is 5.42. The molecule has 2 aliphatic rings. The second-order valence-corrected chi connectivity index (χ2v) is 7.10. The molecular formula is C19H23N5O2. The lowest BCUT2D eigenvalue weighted by Crippen LogP contribution is -2.46. The van der Waals surface area contributed by atoms with Crippen LogP contribution in [0.25, 0.3) is 0 Å². The van der Waals surface area contributed by atoms with Gasteiger partial charge in [0.2, 0.25) is 5.95 Å². The normalized spacial score (nSPS) is 19.0. The molecule has 136 valence electrons. The first kappa shape index (κ1) is 16.9. The molecule has 2 aromatic rings. The monoisotopic (exact) mass is 353 g/mol. The van der Waals surface area contributed by atoms with E-state index in [0.29, 0.717) is 37.3 Å². The van der Waals surface area contributed by atoms with Gasteiger partial charge >= 0.3 is 0 Å². The topological polar surface area (TPSA) is 105 Å². The lowest BCUT2D eigenvalue weighted by molar-refractivity contribution is -0.0245. The van der Waals surface area contributed by atoms with Crippen LogP contribution in [0.4, 0.5) is 5.95 Å². The number of pyridine rings is 1. The van der Waals surface area contributed by atoms with E-state index >= 15 is 0 Å². The number of hydrogen-bond donors (Lipinski definition) is 2. The Labute approximate surface area is 152 Å². The van der Waals surface area contributed by atoms with Crippen molar-refractivity contribution in [2.24, 2.45) is 0 Å². The third kappa shape index (κ3) is 3.03. The van der Waals surface area contributed by atoms with Gasteiger partial charge in [-0.25, -0.2) is 9.97 Å². The van der Waals surface area contributed by atoms with Gasteiger partial charge in [-0.1, -0.05) is 6.07 Å². The van der Waals surface area contributed by atoms with Crippen molar-refractivity contribution < 1.29 is 9.90 Å². The molecule has 0 saturated carbocycles. The van der Waals surface area contributed by atoms with Crippen molar-refractivity contribution in [1.29, 1.82) is 0 Å². The summed E-state index contributed by atoms with van der Waals surface area (Å²) in [6, 6.07) is 5.53. The summed E-state index contributed by atoms with van der Waals surface area (Å²) in [4.78, 5) is 27.7. The number of rotatable bonds is 2. The van der Waals surface area contributed by atoms with Gasteiger partial charge < -0.3 is 15.7 Å². The van der Waals surface area contributed by atoms with Gasteiger partial charge in [-0.05, 0) is 50.7 Å². The number of hydrogen-bond acceptors (Lipinski definition) is 6. The summed E-state index contributed by atoms with van der Waals surface area (Å²) in [5.41, 5.74) is 7.80. The summed E-state index contributed by atoms with van der Waals surface area (Å²) < 4.78 is 0. The molecule has 7 heteroatoms. The van der Waals surface area contributed by atoms with Gasteiger partial charge in [0.05, 0.1) is 5.69 Å². The molecule has 1 saturated heterocycles. The fourth-order valence-electron chi connectivity index (χ4n) is 3.91. The number of carbonyl (C=O) groups is 1. The van der Waals surface area contributed by atoms with Gasteiger partial charge in [-0.2, -0.15) is 0 Å². The van der Waals surface area contributed by atoms with Crippen molar-refractivity contribution >= 4 is 11.9 Å². The van der Waals surface area contributed by atoms with Crippen LogP contribution in [0.5, 0.6) is 0 Å². The minimum atomic E-state index is -0.984. The van der Waals surface area contributed by atoms with Crippen molar-refractivity contribution in [2.45, 2.75) is 44.1 Å². The molecule has 1 aliphatic carbocycles. The summed E-state index contributed by atoms with van der Waals surface area (Å²) >= 11 is 0. The number of aryl methyl sites for hydroxylation is 1. The Morgan fingerprint density at radius 3 is 2.65 bits per heavy atom. The number of likely N-dealkylation sites (tertiary alicyclic amines) is 1. The number of nitrogen functional groups attached to an aromatic ring is 1. The Kier molecular flexibility index (Phi) is 4.32. The highest BCUT2D eigenvalue weighted by molar-refractivity contribution is 5.94. The van der Waals surface area contributed by atoms with Crippen LogP contribution in [-0.2, 0) is 18.4 Å². The number of fused-ring (bicyclic) bond motifs is 1. The van der Waals surface area contributed by atoms with Gasteiger partial charge in [0.1, 0.15) is 11.3 Å². The van der Waals surface area contributed by atoms with Gasteiger partial charge in [-0.15, -0.1) is 0 Å². The molecule has 0 atom stereocenters. The van der Waals surface area contributed by atoms with E-state index < -0.39 is 5.60 Å². The number of aromatic nitrogens is 3. The lowest BCUT2D eigenvalue weighted by atomic mass is 9.87. The van der Waals surface area contributed by atoms with E-state index in [4.69, 9.17) is 5.73 Å². The summed E-state index contributed by atoms with van der Waals surface area (Å²) in [6.45, 7) is 0.926. The van der Waals surface area contributed by atoms with E-state index in [9.17, 15) is 9.90 Å². The van der Waals surface area contributed by atoms with Gasteiger partial charge in [0, 0.05) is 30.5 Å². The first-order valence-corrected chi connectivity index (χ1v) is 9.15. The highest BCUT2D eigenvalue weighted by Gasteiger charge is 2.37. The smallest absolute Gasteiger partial charge is 0.272 e. The molecule has 0 bridgehead atoms. The molecule has 1 aliphatic heterocycles. The van der Waals surface area contributed by atoms with Crippen molar-refractivity contribution in [3.8, 4) is 0 Å². The Morgan fingerprint density at radius 2 is 1.92 bits per heavy atom. The number of aliphatic hydroxyl groups is 1. The van der Waals surface area contributed by atoms with E-state index in [0.717, 1.165) is 36.9 Å². The number of carbonyl (C=O) groups excluding carboxylic acids is 1. The first-order valence-electron chi connectivity index (χ1n) is 9.15. The molecule has 2 aromatic heterocycles. The maximum absolute atomic E-state index is 13.1. The van der Waals surface area contributed by atoms with Crippen LogP contribution in [0.1, 0.15) is 53.1 Å². The van der Waals surface area contributed by atoms with E-state index in [1.165, 1.54) is 0 Å². The SMILES string of the molecule is Nc1nc2c(c(C(=O)N3CCC(O)(c4ccccn4)CC3)n1)CCCC2. The van der Waals surface area contributed by atoms with Gasteiger partial charge in [0.25, 0.3) is 5.91 Å². The lowest BCUT2D eigenvalue weighted by Gasteiger charge is -2.38. The summed E-state index contributed by atoms with van der Waals surface area (Å²) in [5.74, 6) is 0.0521. The Morgan fingerprint density at radius 1 is 1.15 bits per heavy atom. The van der Waals surface area contributed by atoms with Crippen molar-refractivity contribution in [3.63, 3.8) is 0 Å². The molecule has 1 fully saturated rings. The molecule has 3 N–H and O–H groups in total. The number of amides is 1. The van der Waals surface area contributed by atoms with Crippen LogP contribution in [0, 0.1) is 0 Å². The molecule has 4 rings (SSSR count). The predicted molar refractivity (Wildman–Crippen MR) is 96.4 cm³/mol. The van der Waals surface area contributed by atoms with Crippen molar-refractivity contribution in [2.75, 3.05) is 18.8 Å². The highest BCUT2D eigenvalue weighted by atomic mass is 16.3. The average molecular weight is 353 g/mol. The summed E-state index contributed by atoms with van der Waals surface area (Å²) in [5, 5.41) is 10.9. The fourth-order valence-corrected chi connectivity index (χ4v) is 3.91. The largest absolute Gasteiger partial charge is 0.383 e. The zero-order chi connectivity index (χ0) is 18.1. The minimum absolute atomic E-state index is 0.111. The Hall–Kier alpha value is -2.54. The van der Waals surface area contributed by atoms with Gasteiger partial charge in [0.15, 0.2) is 0 Å². The molecule has 0 unspecified atom stereocenters. The first-order chi connectivity index (χ1) is 12.6. The zero-order valence-corrected chi connectivity index (χ0v) is 14.7. The van der Waals surface area contributed by atoms with Crippen LogP contribution in [-0.4, -0.2) is 44.0 Å². The standard InChI is InChI=1S/C19H23N5O2/c20-18-22-14-6-2-1-5-13(14)16(23-18)17(25)24-11-8-19(26,9-12-24)15-7-3-4-10-21-15/h3-4,7,10,26H,1-2,5-6,8-9,11-12H2,(H2,20,22,23). The molecular weight excluding hydrogens is 330 g/mol. The van der Waals surface area contributed by atoms with E-state index in [-0.39, 0.29) is 11.9 Å². The number of piperidine rings is 1. The van der Waals surface area contributed by atoms with Crippen LogP contribution in [0.15, 0.2) is 24.4 Å². The van der Waals surface area contributed by atoms with Crippen LogP contribution in [0.2, 0.25) is 0 Å². The summed E-state index contributed by atoms with van der Waals surface area (Å²) in [6.07, 6.45) is 6.37. The highest BCUT2D eigenvalue weighted by Crippen LogP contribution is 2.32. The van der Waals surface area contributed by atoms with E-state index in [1.54, 1.807) is 11.1 Å². The molecule has 7 nitrogen and oxygen atoms in total. The maximum Gasteiger partial charge on any atom is 0.272 e. The molecule has 0 aromatic carbocycles. The number of anilines is 1. The molecule has 3 heterocycles. The average Bonchev–Trinajstić information content (AvgIpc) is 2.68. The molecule has 0 radical (unpaired) electrons. The van der Waals surface area contributed by atoms with Crippen LogP contribution >= 0.6 is 0 Å². The molecule has 26 heavy (non-hydrogen) atoms. The van der Waals surface area contributed by atoms with E-state index in [2.05, 4.69) is 15.0 Å². The predicted octanol–water partition coefficient (Wildman–Crippen LogP) is 1.46. The van der Waals surface area contributed by atoms with Crippen LogP contribution < -0.4 is 5.73 Å². The third-order valence-corrected chi connectivity index (χ3v) is 5.42. The van der Waals surface area contributed by atoms with Crippen molar-refractivity contribution in [3.05, 3.63) is 47.0 Å².